The summed E-state index contributed by atoms with van der Waals surface area (Å²) in [6, 6.07) is 16.3. The largest absolute Gasteiger partial charge is 0.481 e. The summed E-state index contributed by atoms with van der Waals surface area (Å²) in [5.41, 5.74) is 3.81. The molecule has 7 heteroatoms. The average molecular weight is 453 g/mol. The first-order valence-electron chi connectivity index (χ1n) is 11.3. The minimum Gasteiger partial charge on any atom is -0.481 e. The van der Waals surface area contributed by atoms with E-state index in [1.165, 1.54) is 4.90 Å². The lowest BCUT2D eigenvalue weighted by molar-refractivity contribution is -0.141. The Labute approximate surface area is 194 Å². The van der Waals surface area contributed by atoms with Gasteiger partial charge >= 0.3 is 12.1 Å². The molecule has 3 rings (SSSR count). The van der Waals surface area contributed by atoms with Gasteiger partial charge in [0.1, 0.15) is 6.61 Å². The molecule has 2 aromatic carbocycles. The summed E-state index contributed by atoms with van der Waals surface area (Å²) in [6.07, 6.45) is 0.367. The SMILES string of the molecule is CCC(C)(CNC(=O)OCC1c2ccccc2-c2ccccc21)C(=O)N(C)CCCC(=O)O. The van der Waals surface area contributed by atoms with Crippen molar-refractivity contribution in [2.75, 3.05) is 26.7 Å². The van der Waals surface area contributed by atoms with Crippen LogP contribution in [-0.2, 0) is 14.3 Å². The summed E-state index contributed by atoms with van der Waals surface area (Å²) in [4.78, 5) is 37.7. The standard InChI is InChI=1S/C26H32N2O5/c1-4-26(2,24(31)28(3)15-9-14-23(29)30)17-27-25(32)33-16-22-20-12-7-5-10-18(20)19-11-6-8-13-21(19)22/h5-8,10-13,22H,4,9,14-17H2,1-3H3,(H,27,32)(H,29,30). The van der Waals surface area contributed by atoms with E-state index < -0.39 is 17.5 Å². The Morgan fingerprint density at radius 3 is 2.18 bits per heavy atom. The van der Waals surface area contributed by atoms with Crippen molar-refractivity contribution in [1.29, 1.82) is 0 Å². The third kappa shape index (κ3) is 5.53. The number of rotatable bonds is 10. The fraction of sp³-hybridized carbons (Fsp3) is 0.423. The Kier molecular flexibility index (Phi) is 7.74. The molecule has 2 aromatic rings. The van der Waals surface area contributed by atoms with Crippen LogP contribution in [0, 0.1) is 5.41 Å². The number of carbonyl (C=O) groups excluding carboxylic acids is 2. The van der Waals surface area contributed by atoms with E-state index in [0.717, 1.165) is 22.3 Å². The number of amides is 2. The van der Waals surface area contributed by atoms with Crippen molar-refractivity contribution in [1.82, 2.24) is 10.2 Å². The number of nitrogens with one attached hydrogen (secondary N) is 1. The number of alkyl carbamates (subject to hydrolysis) is 1. The van der Waals surface area contributed by atoms with Gasteiger partial charge in [0.15, 0.2) is 0 Å². The van der Waals surface area contributed by atoms with Crippen LogP contribution in [0.1, 0.15) is 50.2 Å². The lowest BCUT2D eigenvalue weighted by Crippen LogP contribution is -2.47. The zero-order valence-electron chi connectivity index (χ0n) is 19.5. The predicted octanol–water partition coefficient (Wildman–Crippen LogP) is 4.26. The Morgan fingerprint density at radius 1 is 1.06 bits per heavy atom. The second-order valence-corrected chi connectivity index (χ2v) is 8.82. The summed E-state index contributed by atoms with van der Waals surface area (Å²) < 4.78 is 5.57. The van der Waals surface area contributed by atoms with Gasteiger partial charge in [-0.2, -0.15) is 0 Å². The van der Waals surface area contributed by atoms with Crippen molar-refractivity contribution < 1.29 is 24.2 Å². The molecule has 0 heterocycles. The highest BCUT2D eigenvalue weighted by Gasteiger charge is 2.35. The molecule has 2 N–H and O–H groups in total. The highest BCUT2D eigenvalue weighted by Crippen LogP contribution is 2.44. The van der Waals surface area contributed by atoms with Gasteiger partial charge in [-0.3, -0.25) is 9.59 Å². The van der Waals surface area contributed by atoms with Crippen LogP contribution in [0.5, 0.6) is 0 Å². The first kappa shape index (κ1) is 24.3. The molecule has 0 radical (unpaired) electrons. The summed E-state index contributed by atoms with van der Waals surface area (Å²) in [7, 11) is 1.66. The monoisotopic (exact) mass is 452 g/mol. The summed E-state index contributed by atoms with van der Waals surface area (Å²) in [6.45, 7) is 4.40. The molecule has 7 nitrogen and oxygen atoms in total. The minimum absolute atomic E-state index is 0.0124. The number of nitrogens with zero attached hydrogens (tertiary/aromatic N) is 1. The highest BCUT2D eigenvalue weighted by molar-refractivity contribution is 5.83. The van der Waals surface area contributed by atoms with Gasteiger partial charge in [-0.1, -0.05) is 55.5 Å². The molecule has 33 heavy (non-hydrogen) atoms. The number of ether oxygens (including phenoxy) is 1. The summed E-state index contributed by atoms with van der Waals surface area (Å²) in [5, 5.41) is 11.5. The van der Waals surface area contributed by atoms with E-state index in [2.05, 4.69) is 29.6 Å². The van der Waals surface area contributed by atoms with E-state index in [1.54, 1.807) is 14.0 Å². The van der Waals surface area contributed by atoms with Crippen LogP contribution >= 0.6 is 0 Å². The second kappa shape index (κ2) is 10.5. The van der Waals surface area contributed by atoms with E-state index in [1.807, 2.05) is 31.2 Å². The van der Waals surface area contributed by atoms with Crippen molar-refractivity contribution >= 4 is 18.0 Å². The van der Waals surface area contributed by atoms with Gasteiger partial charge < -0.3 is 20.1 Å². The maximum Gasteiger partial charge on any atom is 0.407 e. The maximum absolute atomic E-state index is 12.9. The van der Waals surface area contributed by atoms with E-state index >= 15 is 0 Å². The molecule has 0 fully saturated rings. The Balaban J connectivity index is 1.56. The number of carboxylic acid groups (broad SMARTS) is 1. The fourth-order valence-corrected chi connectivity index (χ4v) is 4.30. The third-order valence-electron chi connectivity index (χ3n) is 6.49. The second-order valence-electron chi connectivity index (χ2n) is 8.82. The van der Waals surface area contributed by atoms with E-state index in [9.17, 15) is 14.4 Å². The molecule has 1 aliphatic carbocycles. The number of aliphatic carboxylic acids is 1. The third-order valence-corrected chi connectivity index (χ3v) is 6.49. The van der Waals surface area contributed by atoms with Crippen LogP contribution in [0.2, 0.25) is 0 Å². The minimum atomic E-state index is -0.883. The predicted molar refractivity (Wildman–Crippen MR) is 126 cm³/mol. The van der Waals surface area contributed by atoms with Gasteiger partial charge in [0.2, 0.25) is 5.91 Å². The number of hydrogen-bond acceptors (Lipinski definition) is 4. The molecule has 176 valence electrons. The molecule has 2 amide bonds. The molecule has 1 atom stereocenters. The first-order chi connectivity index (χ1) is 15.8. The van der Waals surface area contributed by atoms with Crippen molar-refractivity contribution in [2.45, 2.75) is 39.0 Å². The van der Waals surface area contributed by atoms with Crippen LogP contribution in [0.3, 0.4) is 0 Å². The molecule has 0 saturated heterocycles. The van der Waals surface area contributed by atoms with Gasteiger partial charge in [-0.05, 0) is 42.0 Å². The average Bonchev–Trinajstić information content (AvgIpc) is 3.14. The van der Waals surface area contributed by atoms with E-state index in [0.29, 0.717) is 19.4 Å². The zero-order chi connectivity index (χ0) is 24.0. The fourth-order valence-electron chi connectivity index (χ4n) is 4.30. The molecule has 0 spiro atoms. The lowest BCUT2D eigenvalue weighted by atomic mass is 9.85. The van der Waals surface area contributed by atoms with Crippen molar-refractivity contribution in [3.63, 3.8) is 0 Å². The summed E-state index contributed by atoms with van der Waals surface area (Å²) in [5.74, 6) is -1.04. The van der Waals surface area contributed by atoms with Crippen LogP contribution < -0.4 is 5.32 Å². The van der Waals surface area contributed by atoms with E-state index in [4.69, 9.17) is 9.84 Å². The molecule has 0 saturated carbocycles. The van der Waals surface area contributed by atoms with Crippen molar-refractivity contribution in [2.24, 2.45) is 5.41 Å². The maximum atomic E-state index is 12.9. The van der Waals surface area contributed by atoms with Gasteiger partial charge in [-0.25, -0.2) is 4.79 Å². The summed E-state index contributed by atoms with van der Waals surface area (Å²) >= 11 is 0. The lowest BCUT2D eigenvalue weighted by Gasteiger charge is -2.32. The molecule has 0 aromatic heterocycles. The quantitative estimate of drug-likeness (QED) is 0.561. The van der Waals surface area contributed by atoms with Crippen LogP contribution in [0.4, 0.5) is 4.79 Å². The normalized spacial score (nSPS) is 14.0. The molecule has 1 aliphatic rings. The van der Waals surface area contributed by atoms with Crippen molar-refractivity contribution in [3.8, 4) is 11.1 Å². The zero-order valence-corrected chi connectivity index (χ0v) is 19.5. The molecule has 1 unspecified atom stereocenters. The first-order valence-corrected chi connectivity index (χ1v) is 11.3. The number of fused-ring (bicyclic) bond motifs is 3. The van der Waals surface area contributed by atoms with Gasteiger partial charge in [0, 0.05) is 32.5 Å². The Morgan fingerprint density at radius 2 is 1.64 bits per heavy atom. The number of hydrogen-bond donors (Lipinski definition) is 2. The van der Waals surface area contributed by atoms with Gasteiger partial charge in [0.25, 0.3) is 0 Å². The van der Waals surface area contributed by atoms with Crippen LogP contribution in [0.15, 0.2) is 48.5 Å². The number of carbonyl (C=O) groups is 3. The van der Waals surface area contributed by atoms with E-state index in [-0.39, 0.29) is 31.4 Å². The molecule has 0 bridgehead atoms. The van der Waals surface area contributed by atoms with Crippen molar-refractivity contribution in [3.05, 3.63) is 59.7 Å². The van der Waals surface area contributed by atoms with Gasteiger partial charge in [-0.15, -0.1) is 0 Å². The van der Waals surface area contributed by atoms with Crippen LogP contribution in [0.25, 0.3) is 11.1 Å². The van der Waals surface area contributed by atoms with Gasteiger partial charge in [0.05, 0.1) is 5.41 Å². The molecule has 0 aliphatic heterocycles. The van der Waals surface area contributed by atoms with Crippen LogP contribution in [-0.4, -0.2) is 54.7 Å². The highest BCUT2D eigenvalue weighted by atomic mass is 16.5. The topological polar surface area (TPSA) is 95.9 Å². The number of carboxylic acids is 1. The Hall–Kier alpha value is -3.35. The Bertz CT molecular complexity index is 976. The molecular formula is C26H32N2O5. The smallest absolute Gasteiger partial charge is 0.407 e. The number of benzene rings is 2. The molecular weight excluding hydrogens is 420 g/mol.